The first-order chi connectivity index (χ1) is 9.20. The first-order valence-corrected chi connectivity index (χ1v) is 5.48. The maximum Gasteiger partial charge on any atom is 0.311 e. The largest absolute Gasteiger partial charge is 0.490 e. The number of benzene rings is 1. The molecule has 19 heavy (non-hydrogen) atoms. The zero-order chi connectivity index (χ0) is 13.7. The third-order valence-electron chi connectivity index (χ3n) is 2.46. The third kappa shape index (κ3) is 3.26. The number of nitro benzene ring substituents is 1. The van der Waals surface area contributed by atoms with E-state index in [-0.39, 0.29) is 11.4 Å². The zero-order valence-electron chi connectivity index (χ0n) is 10.2. The van der Waals surface area contributed by atoms with Crippen LogP contribution in [0, 0.1) is 10.1 Å². The lowest BCUT2D eigenvalue weighted by atomic mass is 10.2. The van der Waals surface area contributed by atoms with Crippen LogP contribution in [0.3, 0.4) is 0 Å². The average Bonchev–Trinajstić information content (AvgIpc) is 2.91. The van der Waals surface area contributed by atoms with Crippen LogP contribution in [0.4, 0.5) is 5.69 Å². The Balaban J connectivity index is 2.00. The van der Waals surface area contributed by atoms with E-state index in [9.17, 15) is 10.1 Å². The molecule has 0 radical (unpaired) electrons. The van der Waals surface area contributed by atoms with E-state index < -0.39 is 4.92 Å². The number of ether oxygens (including phenoxy) is 1. The van der Waals surface area contributed by atoms with Gasteiger partial charge in [-0.3, -0.25) is 10.1 Å². The number of nitrogens with one attached hydrogen (secondary N) is 1. The van der Waals surface area contributed by atoms with Crippen molar-refractivity contribution in [2.24, 2.45) is 0 Å². The third-order valence-corrected chi connectivity index (χ3v) is 2.46. The Kier molecular flexibility index (Phi) is 4.04. The molecule has 2 rings (SSSR count). The summed E-state index contributed by atoms with van der Waals surface area (Å²) in [6.45, 7) is 0.885. The van der Waals surface area contributed by atoms with Crippen molar-refractivity contribution in [3.05, 3.63) is 46.1 Å². The van der Waals surface area contributed by atoms with Crippen molar-refractivity contribution in [3.8, 4) is 5.75 Å². The van der Waals surface area contributed by atoms with Gasteiger partial charge in [0.2, 0.25) is 6.39 Å². The molecule has 100 valence electrons. The summed E-state index contributed by atoms with van der Waals surface area (Å²) in [7, 11) is 1.40. The van der Waals surface area contributed by atoms with Crippen molar-refractivity contribution in [1.82, 2.24) is 15.5 Å². The normalized spacial score (nSPS) is 10.4. The Bertz CT molecular complexity index is 556. The van der Waals surface area contributed by atoms with Gasteiger partial charge in [0.1, 0.15) is 0 Å². The number of hydrogen-bond acceptors (Lipinski definition) is 7. The predicted molar refractivity (Wildman–Crippen MR) is 64.5 cm³/mol. The molecule has 1 aromatic carbocycles. The summed E-state index contributed by atoms with van der Waals surface area (Å²) in [4.78, 5) is 14.2. The molecule has 8 nitrogen and oxygen atoms in total. The topological polar surface area (TPSA) is 103 Å². The smallest absolute Gasteiger partial charge is 0.311 e. The molecule has 0 saturated carbocycles. The highest BCUT2D eigenvalue weighted by atomic mass is 16.6. The maximum absolute atomic E-state index is 10.9. The molecule has 0 atom stereocenters. The highest BCUT2D eigenvalue weighted by Crippen LogP contribution is 2.27. The number of nitrogens with zero attached hydrogens (tertiary/aromatic N) is 3. The number of hydrogen-bond donors (Lipinski definition) is 1. The quantitative estimate of drug-likeness (QED) is 0.619. The molecule has 0 aliphatic carbocycles. The number of methoxy groups -OCH3 is 1. The van der Waals surface area contributed by atoms with E-state index in [4.69, 9.17) is 4.74 Å². The van der Waals surface area contributed by atoms with Gasteiger partial charge in [0.05, 0.1) is 18.6 Å². The summed E-state index contributed by atoms with van der Waals surface area (Å²) >= 11 is 0. The fourth-order valence-corrected chi connectivity index (χ4v) is 1.58. The van der Waals surface area contributed by atoms with E-state index in [0.29, 0.717) is 18.9 Å². The van der Waals surface area contributed by atoms with Crippen LogP contribution < -0.4 is 10.1 Å². The minimum Gasteiger partial charge on any atom is -0.490 e. The Morgan fingerprint density at radius 1 is 1.47 bits per heavy atom. The Hall–Kier alpha value is -2.48. The summed E-state index contributed by atoms with van der Waals surface area (Å²) in [5, 5.41) is 17.6. The second kappa shape index (κ2) is 5.91. The van der Waals surface area contributed by atoms with Gasteiger partial charge in [-0.15, -0.1) is 0 Å². The maximum atomic E-state index is 10.9. The average molecular weight is 264 g/mol. The molecule has 0 saturated heterocycles. The SMILES string of the molecule is COc1ccc(CNCc2ncon2)cc1[N+](=O)[O-]. The van der Waals surface area contributed by atoms with Gasteiger partial charge in [0, 0.05) is 12.6 Å². The van der Waals surface area contributed by atoms with Gasteiger partial charge in [-0.1, -0.05) is 11.2 Å². The van der Waals surface area contributed by atoms with Gasteiger partial charge in [-0.25, -0.2) is 0 Å². The van der Waals surface area contributed by atoms with Crippen LogP contribution in [0.2, 0.25) is 0 Å². The molecule has 0 bridgehead atoms. The molecular formula is C11H12N4O4. The van der Waals surface area contributed by atoms with Crippen LogP contribution in [0.1, 0.15) is 11.4 Å². The van der Waals surface area contributed by atoms with E-state index in [1.165, 1.54) is 19.6 Å². The van der Waals surface area contributed by atoms with Crippen molar-refractivity contribution >= 4 is 5.69 Å². The first-order valence-electron chi connectivity index (χ1n) is 5.48. The molecule has 1 heterocycles. The highest BCUT2D eigenvalue weighted by Gasteiger charge is 2.14. The second-order valence-electron chi connectivity index (χ2n) is 3.71. The Morgan fingerprint density at radius 3 is 2.95 bits per heavy atom. The lowest BCUT2D eigenvalue weighted by molar-refractivity contribution is -0.385. The van der Waals surface area contributed by atoms with E-state index in [1.807, 2.05) is 0 Å². The fraction of sp³-hybridized carbons (Fsp3) is 0.273. The van der Waals surface area contributed by atoms with Crippen LogP contribution in [0.15, 0.2) is 29.1 Å². The minimum absolute atomic E-state index is 0.0543. The lowest BCUT2D eigenvalue weighted by Gasteiger charge is -2.05. The molecule has 8 heteroatoms. The summed E-state index contributed by atoms with van der Waals surface area (Å²) < 4.78 is 9.52. The first kappa shape index (κ1) is 13.0. The number of nitro groups is 1. The molecule has 0 fully saturated rings. The summed E-state index contributed by atoms with van der Waals surface area (Å²) in [5.41, 5.74) is 0.720. The predicted octanol–water partition coefficient (Wildman–Crippen LogP) is 1.28. The van der Waals surface area contributed by atoms with Gasteiger partial charge >= 0.3 is 5.69 Å². The van der Waals surface area contributed by atoms with Crippen molar-refractivity contribution in [2.45, 2.75) is 13.1 Å². The highest BCUT2D eigenvalue weighted by molar-refractivity contribution is 5.48. The van der Waals surface area contributed by atoms with Gasteiger partial charge < -0.3 is 14.6 Å². The molecule has 1 N–H and O–H groups in total. The van der Waals surface area contributed by atoms with Crippen molar-refractivity contribution < 1.29 is 14.2 Å². The van der Waals surface area contributed by atoms with Gasteiger partial charge in [-0.2, -0.15) is 4.98 Å². The number of aromatic nitrogens is 2. The van der Waals surface area contributed by atoms with Gasteiger partial charge in [0.25, 0.3) is 0 Å². The number of rotatable bonds is 6. The second-order valence-corrected chi connectivity index (χ2v) is 3.71. The van der Waals surface area contributed by atoms with Crippen LogP contribution in [0.25, 0.3) is 0 Å². The fourth-order valence-electron chi connectivity index (χ4n) is 1.58. The van der Waals surface area contributed by atoms with E-state index in [2.05, 4.69) is 20.0 Å². The van der Waals surface area contributed by atoms with Crippen LogP contribution in [-0.4, -0.2) is 22.2 Å². The van der Waals surface area contributed by atoms with E-state index in [0.717, 1.165) is 5.56 Å². The summed E-state index contributed by atoms with van der Waals surface area (Å²) in [5.74, 6) is 0.773. The van der Waals surface area contributed by atoms with Crippen molar-refractivity contribution in [2.75, 3.05) is 7.11 Å². The molecule has 0 amide bonds. The molecule has 0 aliphatic heterocycles. The molecular weight excluding hydrogens is 252 g/mol. The van der Waals surface area contributed by atoms with Gasteiger partial charge in [0.15, 0.2) is 11.6 Å². The molecule has 2 aromatic rings. The monoisotopic (exact) mass is 264 g/mol. The van der Waals surface area contributed by atoms with Gasteiger partial charge in [-0.05, 0) is 11.6 Å². The van der Waals surface area contributed by atoms with E-state index >= 15 is 0 Å². The van der Waals surface area contributed by atoms with Crippen LogP contribution in [-0.2, 0) is 13.1 Å². The lowest BCUT2D eigenvalue weighted by Crippen LogP contribution is -2.13. The van der Waals surface area contributed by atoms with Crippen LogP contribution in [0.5, 0.6) is 5.75 Å². The minimum atomic E-state index is -0.471. The zero-order valence-corrected chi connectivity index (χ0v) is 10.2. The molecule has 1 aromatic heterocycles. The Labute approximate surface area is 108 Å². The van der Waals surface area contributed by atoms with Crippen molar-refractivity contribution in [1.29, 1.82) is 0 Å². The summed E-state index contributed by atoms with van der Waals surface area (Å²) in [6.07, 6.45) is 1.25. The van der Waals surface area contributed by atoms with Crippen LogP contribution >= 0.6 is 0 Å². The Morgan fingerprint density at radius 2 is 2.32 bits per heavy atom. The molecule has 0 aliphatic rings. The van der Waals surface area contributed by atoms with Crippen molar-refractivity contribution in [3.63, 3.8) is 0 Å². The molecule has 0 spiro atoms. The molecule has 0 unspecified atom stereocenters. The van der Waals surface area contributed by atoms with E-state index in [1.54, 1.807) is 12.1 Å². The summed E-state index contributed by atoms with van der Waals surface area (Å²) in [6, 6.07) is 4.81. The standard InChI is InChI=1S/C11H12N4O4/c1-18-10-3-2-8(4-9(10)15(16)17)5-12-6-11-13-7-19-14-11/h2-4,7,12H,5-6H2,1H3.